The number of carbonyl (C=O) groups excluding carboxylic acids is 1. The molecule has 0 atom stereocenters. The van der Waals surface area contributed by atoms with Crippen LogP contribution in [0.3, 0.4) is 0 Å². The van der Waals surface area contributed by atoms with E-state index in [0.29, 0.717) is 24.2 Å². The molecule has 1 amide bonds. The van der Waals surface area contributed by atoms with Gasteiger partial charge in [0.05, 0.1) is 12.3 Å². The molecule has 3 aromatic rings. The van der Waals surface area contributed by atoms with Crippen LogP contribution in [-0.4, -0.2) is 35.3 Å². The van der Waals surface area contributed by atoms with Crippen molar-refractivity contribution >= 4 is 15.7 Å². The number of hydrogen-bond acceptors (Lipinski definition) is 5. The van der Waals surface area contributed by atoms with Gasteiger partial charge < -0.3 is 5.32 Å². The van der Waals surface area contributed by atoms with Crippen LogP contribution in [0.5, 0.6) is 0 Å². The molecule has 1 aromatic heterocycles. The summed E-state index contributed by atoms with van der Waals surface area (Å²) in [7, 11) is -3.14. The van der Waals surface area contributed by atoms with Gasteiger partial charge in [-0.1, -0.05) is 36.4 Å². The molecule has 2 aromatic carbocycles. The highest BCUT2D eigenvalue weighted by Crippen LogP contribution is 2.10. The highest BCUT2D eigenvalue weighted by atomic mass is 32.2. The van der Waals surface area contributed by atoms with E-state index in [9.17, 15) is 13.2 Å². The van der Waals surface area contributed by atoms with Gasteiger partial charge in [0, 0.05) is 18.4 Å². The van der Waals surface area contributed by atoms with Crippen LogP contribution < -0.4 is 5.32 Å². The Hall–Kier alpha value is -3.00. The van der Waals surface area contributed by atoms with Gasteiger partial charge in [-0.25, -0.2) is 18.1 Å². The summed E-state index contributed by atoms with van der Waals surface area (Å²) in [6, 6.07) is 14.5. The van der Waals surface area contributed by atoms with E-state index in [4.69, 9.17) is 0 Å². The Bertz CT molecular complexity index is 1010. The van der Waals surface area contributed by atoms with E-state index in [1.54, 1.807) is 35.3 Å². The predicted octanol–water partition coefficient (Wildman–Crippen LogP) is 1.80. The maximum Gasteiger partial charge on any atom is 0.251 e. The number of aromatic nitrogens is 3. The molecule has 1 N–H and O–H groups in total. The van der Waals surface area contributed by atoms with E-state index in [1.807, 2.05) is 24.3 Å². The van der Waals surface area contributed by atoms with Gasteiger partial charge in [-0.3, -0.25) is 4.79 Å². The summed E-state index contributed by atoms with van der Waals surface area (Å²) in [6.45, 7) is 1.03. The largest absolute Gasteiger partial charge is 0.348 e. The Morgan fingerprint density at radius 1 is 1.07 bits per heavy atom. The molecule has 0 spiro atoms. The van der Waals surface area contributed by atoms with E-state index in [1.165, 1.54) is 12.6 Å². The van der Waals surface area contributed by atoms with Gasteiger partial charge in [-0.05, 0) is 28.8 Å². The van der Waals surface area contributed by atoms with Gasteiger partial charge in [0.25, 0.3) is 5.91 Å². The molecule has 7 nitrogen and oxygen atoms in total. The number of amides is 1. The average molecular weight is 384 g/mol. The summed E-state index contributed by atoms with van der Waals surface area (Å²) >= 11 is 0. The molecular weight excluding hydrogens is 364 g/mol. The number of carbonyl (C=O) groups is 1. The fourth-order valence-corrected chi connectivity index (χ4v) is 3.44. The number of nitrogens with one attached hydrogen (secondary N) is 1. The Balaban J connectivity index is 1.58. The number of nitrogens with zero attached hydrogens (tertiary/aromatic N) is 3. The monoisotopic (exact) mass is 384 g/mol. The molecule has 0 aliphatic carbocycles. The second kappa shape index (κ2) is 8.13. The summed E-state index contributed by atoms with van der Waals surface area (Å²) in [4.78, 5) is 16.2. The fraction of sp³-hybridized carbons (Fsp3) is 0.211. The third-order valence-electron chi connectivity index (χ3n) is 3.91. The van der Waals surface area contributed by atoms with Crippen molar-refractivity contribution in [2.24, 2.45) is 0 Å². The van der Waals surface area contributed by atoms with Crippen LogP contribution in [0.2, 0.25) is 0 Å². The van der Waals surface area contributed by atoms with Gasteiger partial charge >= 0.3 is 0 Å². The lowest BCUT2D eigenvalue weighted by molar-refractivity contribution is 0.0951. The van der Waals surface area contributed by atoms with Gasteiger partial charge in [-0.15, -0.1) is 0 Å². The van der Waals surface area contributed by atoms with Crippen molar-refractivity contribution in [2.45, 2.75) is 18.8 Å². The smallest absolute Gasteiger partial charge is 0.251 e. The van der Waals surface area contributed by atoms with Gasteiger partial charge in [0.15, 0.2) is 9.84 Å². The standard InChI is InChI=1S/C19H20N4O3S/c1-27(25,26)12-17-3-2-4-18(9-17)19(24)21-10-15-5-7-16(8-6-15)11-23-14-20-13-22-23/h2-9,13-14H,10-12H2,1H3,(H,21,24). The van der Waals surface area contributed by atoms with Crippen LogP contribution in [0.25, 0.3) is 0 Å². The highest BCUT2D eigenvalue weighted by molar-refractivity contribution is 7.89. The molecule has 8 heteroatoms. The number of benzene rings is 2. The first-order valence-corrected chi connectivity index (χ1v) is 10.4. The lowest BCUT2D eigenvalue weighted by atomic mass is 10.1. The Kier molecular flexibility index (Phi) is 5.66. The third-order valence-corrected chi connectivity index (χ3v) is 4.76. The molecule has 0 fully saturated rings. The quantitative estimate of drug-likeness (QED) is 0.670. The first-order valence-electron chi connectivity index (χ1n) is 8.34. The van der Waals surface area contributed by atoms with E-state index in [0.717, 1.165) is 11.1 Å². The Morgan fingerprint density at radius 3 is 2.48 bits per heavy atom. The molecule has 0 bridgehead atoms. The zero-order chi connectivity index (χ0) is 19.3. The van der Waals surface area contributed by atoms with E-state index >= 15 is 0 Å². The summed E-state index contributed by atoms with van der Waals surface area (Å²) in [5.74, 6) is -0.321. The van der Waals surface area contributed by atoms with Crippen LogP contribution >= 0.6 is 0 Å². The van der Waals surface area contributed by atoms with Gasteiger partial charge in [-0.2, -0.15) is 5.10 Å². The minimum atomic E-state index is -3.14. The van der Waals surface area contributed by atoms with E-state index < -0.39 is 9.84 Å². The molecule has 0 aliphatic rings. The van der Waals surface area contributed by atoms with E-state index in [-0.39, 0.29) is 11.7 Å². The first kappa shape index (κ1) is 18.8. The molecule has 0 unspecified atom stereocenters. The van der Waals surface area contributed by atoms with Crippen molar-refractivity contribution < 1.29 is 13.2 Å². The number of sulfone groups is 1. The maximum absolute atomic E-state index is 12.3. The third kappa shape index (κ3) is 5.75. The molecule has 0 aliphatic heterocycles. The van der Waals surface area contributed by atoms with Crippen LogP contribution in [-0.2, 0) is 28.7 Å². The summed E-state index contributed by atoms with van der Waals surface area (Å²) in [5, 5.41) is 6.92. The van der Waals surface area contributed by atoms with Crippen LogP contribution in [0.4, 0.5) is 0 Å². The second-order valence-electron chi connectivity index (χ2n) is 6.36. The minimum absolute atomic E-state index is 0.0820. The van der Waals surface area contributed by atoms with Crippen molar-refractivity contribution in [2.75, 3.05) is 6.26 Å². The Morgan fingerprint density at radius 2 is 1.81 bits per heavy atom. The topological polar surface area (TPSA) is 94.0 Å². The summed E-state index contributed by atoms with van der Waals surface area (Å²) in [5.41, 5.74) is 3.10. The first-order chi connectivity index (χ1) is 12.9. The number of rotatable bonds is 7. The normalized spacial score (nSPS) is 11.3. The maximum atomic E-state index is 12.3. The average Bonchev–Trinajstić information content (AvgIpc) is 3.13. The van der Waals surface area contributed by atoms with Crippen LogP contribution in [0.15, 0.2) is 61.2 Å². The van der Waals surface area contributed by atoms with Crippen molar-refractivity contribution in [1.82, 2.24) is 20.1 Å². The van der Waals surface area contributed by atoms with Gasteiger partial charge in [0.2, 0.25) is 0 Å². The van der Waals surface area contributed by atoms with Crippen LogP contribution in [0, 0.1) is 0 Å². The SMILES string of the molecule is CS(=O)(=O)Cc1cccc(C(=O)NCc2ccc(Cn3cncn3)cc2)c1. The van der Waals surface area contributed by atoms with Crippen molar-refractivity contribution in [1.29, 1.82) is 0 Å². The van der Waals surface area contributed by atoms with Gasteiger partial charge in [0.1, 0.15) is 12.7 Å². The molecule has 1 heterocycles. The highest BCUT2D eigenvalue weighted by Gasteiger charge is 2.09. The lowest BCUT2D eigenvalue weighted by Gasteiger charge is -2.08. The molecule has 140 valence electrons. The Labute approximate surface area is 158 Å². The predicted molar refractivity (Wildman–Crippen MR) is 102 cm³/mol. The molecule has 3 rings (SSSR count). The van der Waals surface area contributed by atoms with E-state index in [2.05, 4.69) is 15.4 Å². The molecule has 27 heavy (non-hydrogen) atoms. The van der Waals surface area contributed by atoms with Crippen LogP contribution in [0.1, 0.15) is 27.0 Å². The molecular formula is C19H20N4O3S. The lowest BCUT2D eigenvalue weighted by Crippen LogP contribution is -2.23. The zero-order valence-electron chi connectivity index (χ0n) is 14.9. The summed E-state index contributed by atoms with van der Waals surface area (Å²) < 4.78 is 24.6. The van der Waals surface area contributed by atoms with Crippen molar-refractivity contribution in [3.63, 3.8) is 0 Å². The van der Waals surface area contributed by atoms with Crippen molar-refractivity contribution in [3.05, 3.63) is 83.4 Å². The fourth-order valence-electron chi connectivity index (χ4n) is 2.65. The molecule has 0 saturated carbocycles. The molecule has 0 radical (unpaired) electrons. The zero-order valence-corrected chi connectivity index (χ0v) is 15.7. The van der Waals surface area contributed by atoms with Crippen molar-refractivity contribution in [3.8, 4) is 0 Å². The second-order valence-corrected chi connectivity index (χ2v) is 8.50. The molecule has 0 saturated heterocycles. The minimum Gasteiger partial charge on any atom is -0.348 e. The number of hydrogen-bond donors (Lipinski definition) is 1. The summed E-state index contributed by atoms with van der Waals surface area (Å²) in [6.07, 6.45) is 4.33.